The number of hydrogen-bond acceptors (Lipinski definition) is 5. The second-order valence-corrected chi connectivity index (χ2v) is 9.39. The molecule has 0 spiro atoms. The number of rotatable bonds is 6. The van der Waals surface area contributed by atoms with E-state index < -0.39 is 24.1 Å². The number of alkyl halides is 3. The molecule has 1 aromatic heterocycles. The molecule has 0 saturated carbocycles. The van der Waals surface area contributed by atoms with Gasteiger partial charge < -0.3 is 15.5 Å². The molecule has 0 saturated heterocycles. The van der Waals surface area contributed by atoms with Crippen molar-refractivity contribution in [1.82, 2.24) is 10.6 Å². The maximum Gasteiger partial charge on any atom is 0.435 e. The first-order valence-electron chi connectivity index (χ1n) is 9.52. The normalized spacial score (nSPS) is 18.0. The topological polar surface area (TPSA) is 79.8 Å². The molecule has 13 heteroatoms. The first-order valence-corrected chi connectivity index (χ1v) is 11.5. The lowest BCUT2D eigenvalue weighted by Gasteiger charge is -2.29. The lowest BCUT2D eigenvalue weighted by Crippen LogP contribution is -2.42. The van der Waals surface area contributed by atoms with Crippen molar-refractivity contribution in [2.75, 3.05) is 13.1 Å². The van der Waals surface area contributed by atoms with Gasteiger partial charge in [-0.15, -0.1) is 11.3 Å². The zero-order valence-electron chi connectivity index (χ0n) is 17.2. The molecule has 1 aliphatic heterocycles. The number of amides is 2. The van der Waals surface area contributed by atoms with E-state index in [9.17, 15) is 22.8 Å². The molecule has 1 aromatic carbocycles. The Kier molecular flexibility index (Phi) is 7.52. The summed E-state index contributed by atoms with van der Waals surface area (Å²) in [6.45, 7) is 3.57. The quantitative estimate of drug-likeness (QED) is 0.476. The van der Waals surface area contributed by atoms with E-state index in [-0.39, 0.29) is 43.7 Å². The first-order chi connectivity index (χ1) is 15.4. The second-order valence-electron chi connectivity index (χ2n) is 7.14. The Balaban J connectivity index is 1.87. The van der Waals surface area contributed by atoms with E-state index >= 15 is 0 Å². The van der Waals surface area contributed by atoms with Crippen molar-refractivity contribution >= 4 is 63.7 Å². The number of hydrogen-bond donors (Lipinski definition) is 2. The Morgan fingerprint density at radius 3 is 2.39 bits per heavy atom. The van der Waals surface area contributed by atoms with Gasteiger partial charge >= 0.3 is 6.18 Å². The number of aryl methyl sites for hydroxylation is 1. The van der Waals surface area contributed by atoms with Crippen molar-refractivity contribution in [3.63, 3.8) is 0 Å². The molecule has 0 unspecified atom stereocenters. The summed E-state index contributed by atoms with van der Waals surface area (Å²) in [4.78, 5) is 29.6. The number of benzene rings is 1. The molecule has 1 atom stereocenters. The first kappa shape index (κ1) is 25.6. The van der Waals surface area contributed by atoms with E-state index in [4.69, 9.17) is 39.6 Å². The van der Waals surface area contributed by atoms with E-state index in [0.29, 0.717) is 17.0 Å². The molecular weight excluding hydrogens is 526 g/mol. The van der Waals surface area contributed by atoms with Crippen LogP contribution in [-0.2, 0) is 15.2 Å². The van der Waals surface area contributed by atoms with Crippen LogP contribution in [0.2, 0.25) is 15.1 Å². The van der Waals surface area contributed by atoms with Crippen molar-refractivity contribution < 1.29 is 27.6 Å². The molecular formula is C20H17Cl3F3N3O3S. The highest BCUT2D eigenvalue weighted by atomic mass is 35.5. The van der Waals surface area contributed by atoms with E-state index in [1.54, 1.807) is 19.9 Å². The highest BCUT2D eigenvalue weighted by molar-refractivity contribution is 7.16. The molecule has 2 heterocycles. The molecule has 6 nitrogen and oxygen atoms in total. The summed E-state index contributed by atoms with van der Waals surface area (Å²) in [5.74, 6) is -0.878. The van der Waals surface area contributed by atoms with Crippen LogP contribution in [0.5, 0.6) is 0 Å². The molecule has 178 valence electrons. The minimum Gasteiger partial charge on any atom is -0.374 e. The van der Waals surface area contributed by atoms with Gasteiger partial charge in [0.15, 0.2) is 0 Å². The third-order valence-electron chi connectivity index (χ3n) is 4.83. The smallest absolute Gasteiger partial charge is 0.374 e. The zero-order chi connectivity index (χ0) is 24.6. The number of oxime groups is 1. The zero-order valence-corrected chi connectivity index (χ0v) is 20.3. The fourth-order valence-electron chi connectivity index (χ4n) is 3.17. The van der Waals surface area contributed by atoms with Crippen molar-refractivity contribution in [2.24, 2.45) is 5.16 Å². The van der Waals surface area contributed by atoms with Crippen LogP contribution in [0.15, 0.2) is 23.4 Å². The van der Waals surface area contributed by atoms with Gasteiger partial charge in [0.25, 0.3) is 11.5 Å². The van der Waals surface area contributed by atoms with Gasteiger partial charge in [0.05, 0.1) is 37.8 Å². The monoisotopic (exact) mass is 541 g/mol. The molecule has 1 aliphatic rings. The Labute approximate surface area is 206 Å². The van der Waals surface area contributed by atoms with Gasteiger partial charge in [-0.25, -0.2) is 0 Å². The Morgan fingerprint density at radius 2 is 1.82 bits per heavy atom. The van der Waals surface area contributed by atoms with E-state index in [1.807, 2.05) is 0 Å². The van der Waals surface area contributed by atoms with E-state index in [1.165, 1.54) is 0 Å². The number of likely N-dealkylation sites (N-methyl/N-ethyl adjacent to an activating group) is 1. The molecule has 2 N–H and O–H groups in total. The van der Waals surface area contributed by atoms with Crippen LogP contribution in [0.25, 0.3) is 0 Å². The highest BCUT2D eigenvalue weighted by Crippen LogP contribution is 2.51. The van der Waals surface area contributed by atoms with Gasteiger partial charge in [0.2, 0.25) is 5.91 Å². The van der Waals surface area contributed by atoms with E-state index in [0.717, 1.165) is 23.5 Å². The molecule has 2 amide bonds. The molecule has 0 fully saturated rings. The number of carbonyl (C=O) groups excluding carboxylic acids is 2. The Bertz CT molecular complexity index is 1110. The molecule has 2 aromatic rings. The van der Waals surface area contributed by atoms with E-state index in [2.05, 4.69) is 15.8 Å². The minimum absolute atomic E-state index is 0.00500. The minimum atomic E-state index is -4.86. The van der Waals surface area contributed by atoms with Crippen LogP contribution in [0, 0.1) is 6.92 Å². The highest BCUT2D eigenvalue weighted by Gasteiger charge is 2.62. The SMILES string of the molecule is CCNC(=O)CNC(=O)c1sc(C2=NO[C@@](c3cc(Cl)c(Cl)c(Cl)c3)(C(F)(F)F)C2)cc1C. The van der Waals surface area contributed by atoms with Gasteiger partial charge in [-0.05, 0) is 37.6 Å². The van der Waals surface area contributed by atoms with Gasteiger partial charge in [-0.3, -0.25) is 9.59 Å². The van der Waals surface area contributed by atoms with Crippen LogP contribution in [0.4, 0.5) is 13.2 Å². The predicted octanol–water partition coefficient (Wildman–Crippen LogP) is 5.46. The summed E-state index contributed by atoms with van der Waals surface area (Å²) in [5.41, 5.74) is -2.64. The Morgan fingerprint density at radius 1 is 1.18 bits per heavy atom. The van der Waals surface area contributed by atoms with Crippen LogP contribution in [0.1, 0.15) is 39.0 Å². The summed E-state index contributed by atoms with van der Waals surface area (Å²) in [7, 11) is 0. The Hall–Kier alpha value is -2.01. The van der Waals surface area contributed by atoms with Crippen molar-refractivity contribution in [1.29, 1.82) is 0 Å². The van der Waals surface area contributed by atoms with Crippen LogP contribution in [0.3, 0.4) is 0 Å². The van der Waals surface area contributed by atoms with Gasteiger partial charge in [0.1, 0.15) is 5.71 Å². The summed E-state index contributed by atoms with van der Waals surface area (Å²) < 4.78 is 42.6. The van der Waals surface area contributed by atoms with Gasteiger partial charge in [-0.2, -0.15) is 13.2 Å². The predicted molar refractivity (Wildman–Crippen MR) is 122 cm³/mol. The van der Waals surface area contributed by atoms with Crippen LogP contribution >= 0.6 is 46.1 Å². The van der Waals surface area contributed by atoms with Crippen LogP contribution in [-0.4, -0.2) is 36.8 Å². The van der Waals surface area contributed by atoms with Crippen molar-refractivity contribution in [3.05, 3.63) is 54.1 Å². The summed E-state index contributed by atoms with van der Waals surface area (Å²) >= 11 is 18.7. The fraction of sp³-hybridized carbons (Fsp3) is 0.350. The lowest BCUT2D eigenvalue weighted by molar-refractivity contribution is -0.275. The van der Waals surface area contributed by atoms with Gasteiger partial charge in [0, 0.05) is 12.1 Å². The van der Waals surface area contributed by atoms with Crippen molar-refractivity contribution in [2.45, 2.75) is 32.0 Å². The standard InChI is InChI=1S/C20H17Cl3F3N3O3S/c1-3-27-15(30)8-28-18(31)17-9(2)4-14(33-17)13-7-19(32-29-13,20(24,25)26)10-5-11(21)16(23)12(22)6-10/h4-6H,3,7-8H2,1-2H3,(H,27,30)(H,28,31)/t19-/m0/s1. The van der Waals surface area contributed by atoms with Crippen LogP contribution < -0.4 is 10.6 Å². The fourth-order valence-corrected chi connectivity index (χ4v) is 4.84. The largest absolute Gasteiger partial charge is 0.435 e. The number of halogens is 6. The summed E-state index contributed by atoms with van der Waals surface area (Å²) in [6.07, 6.45) is -5.53. The number of thiophene rings is 1. The average molecular weight is 543 g/mol. The number of nitrogens with zero attached hydrogens (tertiary/aromatic N) is 1. The molecule has 33 heavy (non-hydrogen) atoms. The maximum absolute atomic E-state index is 14.2. The maximum atomic E-state index is 14.2. The third-order valence-corrected chi connectivity index (χ3v) is 7.31. The second kappa shape index (κ2) is 9.69. The van der Waals surface area contributed by atoms with Gasteiger partial charge in [-0.1, -0.05) is 40.0 Å². The lowest BCUT2D eigenvalue weighted by atomic mass is 9.88. The summed E-state index contributed by atoms with van der Waals surface area (Å²) in [6, 6.07) is 3.63. The van der Waals surface area contributed by atoms with Crippen molar-refractivity contribution in [3.8, 4) is 0 Å². The number of carbonyl (C=O) groups is 2. The summed E-state index contributed by atoms with van der Waals surface area (Å²) in [5, 5.41) is 8.33. The molecule has 0 aliphatic carbocycles. The average Bonchev–Trinajstić information content (AvgIpc) is 3.35. The molecule has 0 bridgehead atoms. The molecule has 0 radical (unpaired) electrons. The third kappa shape index (κ3) is 5.08. The molecule has 3 rings (SSSR count). The number of nitrogens with one attached hydrogen (secondary N) is 2.